The topological polar surface area (TPSA) is 99.3 Å². The zero-order valence-corrected chi connectivity index (χ0v) is 17.1. The Hall–Kier alpha value is -2.49. The molecule has 1 amide bonds. The highest BCUT2D eigenvalue weighted by molar-refractivity contribution is 7.93. The van der Waals surface area contributed by atoms with E-state index in [0.29, 0.717) is 12.5 Å². The Balaban J connectivity index is 1.62. The third-order valence-corrected chi connectivity index (χ3v) is 6.46. The Morgan fingerprint density at radius 2 is 1.79 bits per heavy atom. The van der Waals surface area contributed by atoms with Crippen LogP contribution in [0.15, 0.2) is 48.5 Å². The van der Waals surface area contributed by atoms with E-state index in [9.17, 15) is 17.6 Å². The normalized spacial score (nSPS) is 19.3. The molecule has 3 rings (SSSR count). The molecule has 0 spiro atoms. The van der Waals surface area contributed by atoms with Gasteiger partial charge in [0.05, 0.1) is 5.92 Å². The largest absolute Gasteiger partial charge is 0.352 e. The summed E-state index contributed by atoms with van der Waals surface area (Å²) in [6, 6.07) is 12.9. The molecule has 1 saturated heterocycles. The van der Waals surface area contributed by atoms with Crippen LogP contribution in [0.1, 0.15) is 30.9 Å². The predicted octanol–water partition coefficient (Wildman–Crippen LogP) is 2.06. The number of nitrogens with one attached hydrogen (secondary N) is 4. The van der Waals surface area contributed by atoms with E-state index in [2.05, 4.69) is 34.7 Å². The second-order valence-corrected chi connectivity index (χ2v) is 9.12. The second kappa shape index (κ2) is 8.89. The molecule has 29 heavy (non-hydrogen) atoms. The molecule has 0 aromatic heterocycles. The molecule has 2 aromatic carbocycles. The van der Waals surface area contributed by atoms with E-state index in [0.717, 1.165) is 17.7 Å². The van der Waals surface area contributed by atoms with Crippen molar-refractivity contribution in [3.8, 4) is 0 Å². The highest BCUT2D eigenvalue weighted by atomic mass is 32.2. The van der Waals surface area contributed by atoms with Gasteiger partial charge in [-0.05, 0) is 41.3 Å². The standard InChI is InChI=1S/C20H25FN4O3S/c1-13(2)15-5-3-14(4-6-15)11-22-19(26)18-12-23-24-20(18)29(27,28)25-17-9-7-16(21)8-10-17/h3-10,13,18,20,23-25H,11-12H2,1-2H3,(H,22,26). The van der Waals surface area contributed by atoms with Gasteiger partial charge in [-0.15, -0.1) is 0 Å². The van der Waals surface area contributed by atoms with Gasteiger partial charge in [0.25, 0.3) is 10.0 Å². The minimum atomic E-state index is -3.93. The first-order valence-electron chi connectivity index (χ1n) is 9.38. The van der Waals surface area contributed by atoms with Crippen molar-refractivity contribution in [2.45, 2.75) is 31.7 Å². The molecule has 1 heterocycles. The molecule has 1 aliphatic rings. The summed E-state index contributed by atoms with van der Waals surface area (Å²) in [6.45, 7) is 4.70. The molecule has 1 fully saturated rings. The van der Waals surface area contributed by atoms with Crippen LogP contribution in [0.4, 0.5) is 10.1 Å². The number of hydrazine groups is 1. The molecule has 2 atom stereocenters. The zero-order chi connectivity index (χ0) is 21.0. The van der Waals surface area contributed by atoms with Gasteiger partial charge in [-0.3, -0.25) is 14.9 Å². The molecule has 9 heteroatoms. The molecular formula is C20H25FN4O3S. The van der Waals surface area contributed by atoms with Crippen LogP contribution in [0, 0.1) is 11.7 Å². The predicted molar refractivity (Wildman–Crippen MR) is 110 cm³/mol. The van der Waals surface area contributed by atoms with Gasteiger partial charge in [-0.1, -0.05) is 38.1 Å². The monoisotopic (exact) mass is 420 g/mol. The number of rotatable bonds is 7. The maximum Gasteiger partial charge on any atom is 0.250 e. The maximum atomic E-state index is 13.0. The number of carbonyl (C=O) groups is 1. The van der Waals surface area contributed by atoms with Crippen molar-refractivity contribution in [2.75, 3.05) is 11.3 Å². The summed E-state index contributed by atoms with van der Waals surface area (Å²) in [6.07, 6.45) is 0. The van der Waals surface area contributed by atoms with E-state index >= 15 is 0 Å². The number of hydrogen-bond acceptors (Lipinski definition) is 5. The molecule has 2 aromatic rings. The Kier molecular flexibility index (Phi) is 6.51. The third-order valence-electron chi connectivity index (χ3n) is 4.82. The number of hydrogen-bond donors (Lipinski definition) is 4. The van der Waals surface area contributed by atoms with E-state index < -0.39 is 27.1 Å². The van der Waals surface area contributed by atoms with E-state index in [1.165, 1.54) is 17.7 Å². The summed E-state index contributed by atoms with van der Waals surface area (Å²) in [4.78, 5) is 12.6. The quantitative estimate of drug-likeness (QED) is 0.550. The van der Waals surface area contributed by atoms with E-state index in [1.807, 2.05) is 24.3 Å². The highest BCUT2D eigenvalue weighted by Gasteiger charge is 2.41. The van der Waals surface area contributed by atoms with Gasteiger partial charge in [-0.25, -0.2) is 18.2 Å². The molecule has 156 valence electrons. The lowest BCUT2D eigenvalue weighted by atomic mass is 10.0. The number of halogens is 1. The lowest BCUT2D eigenvalue weighted by Gasteiger charge is -2.19. The van der Waals surface area contributed by atoms with E-state index in [-0.39, 0.29) is 18.1 Å². The van der Waals surface area contributed by atoms with Crippen LogP contribution in [0.5, 0.6) is 0 Å². The third kappa shape index (κ3) is 5.31. The summed E-state index contributed by atoms with van der Waals surface area (Å²) >= 11 is 0. The molecule has 4 N–H and O–H groups in total. The summed E-state index contributed by atoms with van der Waals surface area (Å²) in [5, 5.41) is 1.65. The van der Waals surface area contributed by atoms with Gasteiger partial charge < -0.3 is 5.32 Å². The molecule has 7 nitrogen and oxygen atoms in total. The molecule has 2 unspecified atom stereocenters. The Morgan fingerprint density at radius 1 is 1.14 bits per heavy atom. The van der Waals surface area contributed by atoms with Crippen LogP contribution in [0.3, 0.4) is 0 Å². The van der Waals surface area contributed by atoms with Gasteiger partial charge in [0.2, 0.25) is 5.91 Å². The Labute approximate surface area is 170 Å². The average molecular weight is 421 g/mol. The summed E-state index contributed by atoms with van der Waals surface area (Å²) in [7, 11) is -3.93. The first-order valence-corrected chi connectivity index (χ1v) is 10.9. The molecule has 0 aliphatic carbocycles. The van der Waals surface area contributed by atoms with Crippen LogP contribution in [-0.2, 0) is 21.4 Å². The lowest BCUT2D eigenvalue weighted by molar-refractivity contribution is -0.124. The van der Waals surface area contributed by atoms with Crippen molar-refractivity contribution in [3.05, 3.63) is 65.5 Å². The first-order chi connectivity index (χ1) is 13.8. The van der Waals surface area contributed by atoms with Crippen molar-refractivity contribution in [1.82, 2.24) is 16.2 Å². The van der Waals surface area contributed by atoms with Crippen molar-refractivity contribution in [1.29, 1.82) is 0 Å². The van der Waals surface area contributed by atoms with Crippen LogP contribution in [0.2, 0.25) is 0 Å². The lowest BCUT2D eigenvalue weighted by Crippen LogP contribution is -2.46. The Bertz CT molecular complexity index is 947. The van der Waals surface area contributed by atoms with Crippen molar-refractivity contribution < 1.29 is 17.6 Å². The summed E-state index contributed by atoms with van der Waals surface area (Å²) in [5.41, 5.74) is 7.75. The van der Waals surface area contributed by atoms with E-state index in [1.54, 1.807) is 0 Å². The minimum Gasteiger partial charge on any atom is -0.352 e. The molecule has 0 radical (unpaired) electrons. The Morgan fingerprint density at radius 3 is 2.41 bits per heavy atom. The van der Waals surface area contributed by atoms with Crippen molar-refractivity contribution in [2.24, 2.45) is 5.92 Å². The minimum absolute atomic E-state index is 0.174. The van der Waals surface area contributed by atoms with Gasteiger partial charge >= 0.3 is 0 Å². The number of benzene rings is 2. The first kappa shape index (κ1) is 21.2. The van der Waals surface area contributed by atoms with Gasteiger partial charge in [0.15, 0.2) is 5.37 Å². The van der Waals surface area contributed by atoms with Gasteiger partial charge in [0.1, 0.15) is 5.82 Å². The number of sulfonamides is 1. The van der Waals surface area contributed by atoms with Crippen LogP contribution in [0.25, 0.3) is 0 Å². The van der Waals surface area contributed by atoms with Crippen LogP contribution >= 0.6 is 0 Å². The summed E-state index contributed by atoms with van der Waals surface area (Å²) in [5.74, 6) is -1.23. The zero-order valence-electron chi connectivity index (χ0n) is 16.3. The fourth-order valence-corrected chi connectivity index (χ4v) is 4.57. The average Bonchev–Trinajstić information content (AvgIpc) is 3.19. The van der Waals surface area contributed by atoms with Crippen LogP contribution in [-0.4, -0.2) is 26.2 Å². The fourth-order valence-electron chi connectivity index (χ4n) is 3.09. The molecular weight excluding hydrogens is 395 g/mol. The SMILES string of the molecule is CC(C)c1ccc(CNC(=O)C2CNNC2S(=O)(=O)Nc2ccc(F)cc2)cc1. The van der Waals surface area contributed by atoms with Crippen LogP contribution < -0.4 is 20.9 Å². The maximum absolute atomic E-state index is 13.0. The number of carbonyl (C=O) groups excluding carboxylic acids is 1. The smallest absolute Gasteiger partial charge is 0.250 e. The van der Waals surface area contributed by atoms with E-state index in [4.69, 9.17) is 0 Å². The van der Waals surface area contributed by atoms with Gasteiger partial charge in [-0.2, -0.15) is 0 Å². The van der Waals surface area contributed by atoms with Crippen molar-refractivity contribution in [3.63, 3.8) is 0 Å². The molecule has 1 aliphatic heterocycles. The van der Waals surface area contributed by atoms with Gasteiger partial charge in [0, 0.05) is 18.8 Å². The second-order valence-electron chi connectivity index (χ2n) is 7.32. The van der Waals surface area contributed by atoms with Crippen molar-refractivity contribution >= 4 is 21.6 Å². The molecule has 0 bridgehead atoms. The number of anilines is 1. The fraction of sp³-hybridized carbons (Fsp3) is 0.350. The highest BCUT2D eigenvalue weighted by Crippen LogP contribution is 2.19. The number of amides is 1. The summed E-state index contributed by atoms with van der Waals surface area (Å²) < 4.78 is 40.8. The molecule has 0 saturated carbocycles.